The fraction of sp³-hybridized carbons (Fsp3) is 0. The van der Waals surface area contributed by atoms with E-state index in [-0.39, 0.29) is 11.5 Å². The van der Waals surface area contributed by atoms with Crippen molar-refractivity contribution >= 4 is 33.3 Å². The average molecular weight is 309 g/mol. The molecule has 0 unspecified atom stereocenters. The molecule has 92 valence electrons. The van der Waals surface area contributed by atoms with Crippen LogP contribution in [0, 0.1) is 0 Å². The van der Waals surface area contributed by atoms with Crippen molar-refractivity contribution in [3.63, 3.8) is 0 Å². The van der Waals surface area contributed by atoms with Gasteiger partial charge < -0.3 is 10.7 Å². The first-order chi connectivity index (χ1) is 8.66. The molecular formula is C10H9BrN6O. The molecule has 0 saturated heterocycles. The molecule has 0 bridgehead atoms. The van der Waals surface area contributed by atoms with E-state index >= 15 is 0 Å². The maximum absolute atomic E-state index is 11.0. The minimum Gasteiger partial charge on any atom is -0.364 e. The Morgan fingerprint density at radius 1 is 1.39 bits per heavy atom. The van der Waals surface area contributed by atoms with Gasteiger partial charge in [-0.1, -0.05) is 21.2 Å². The third-order valence-electron chi connectivity index (χ3n) is 2.03. The Labute approximate surface area is 111 Å². The summed E-state index contributed by atoms with van der Waals surface area (Å²) in [7, 11) is 0. The quantitative estimate of drug-likeness (QED) is 0.596. The molecular weight excluding hydrogens is 300 g/mol. The van der Waals surface area contributed by atoms with Gasteiger partial charge in [0.2, 0.25) is 5.82 Å². The van der Waals surface area contributed by atoms with E-state index in [4.69, 9.17) is 5.73 Å². The van der Waals surface area contributed by atoms with E-state index in [1.165, 1.54) is 6.33 Å². The molecule has 0 aliphatic carbocycles. The number of rotatable bonds is 4. The number of nitrogens with two attached hydrogens (primary N) is 1. The third-order valence-corrected chi connectivity index (χ3v) is 2.56. The first-order valence-corrected chi connectivity index (χ1v) is 5.71. The van der Waals surface area contributed by atoms with Crippen molar-refractivity contribution in [2.45, 2.75) is 0 Å². The van der Waals surface area contributed by atoms with Gasteiger partial charge in [-0.15, -0.1) is 5.11 Å². The monoisotopic (exact) mass is 308 g/mol. The number of halogens is 1. The molecule has 18 heavy (non-hydrogen) atoms. The molecule has 4 N–H and O–H groups in total. The number of aromatic nitrogens is 2. The number of nitrogens with zero attached hydrogens (tertiary/aromatic N) is 3. The van der Waals surface area contributed by atoms with Gasteiger partial charge in [-0.05, 0) is 24.3 Å². The number of nitrogens with one attached hydrogen (secondary N) is 2. The van der Waals surface area contributed by atoms with Crippen LogP contribution in [0.5, 0.6) is 0 Å². The fourth-order valence-corrected chi connectivity index (χ4v) is 1.46. The van der Waals surface area contributed by atoms with Gasteiger partial charge in [0.1, 0.15) is 0 Å². The summed E-state index contributed by atoms with van der Waals surface area (Å²) in [4.78, 5) is 17.4. The topological polar surface area (TPSA) is 109 Å². The average Bonchev–Trinajstić information content (AvgIpc) is 2.80. The van der Waals surface area contributed by atoms with Crippen molar-refractivity contribution in [2.24, 2.45) is 16.1 Å². The molecule has 0 spiro atoms. The van der Waals surface area contributed by atoms with Crippen LogP contribution < -0.4 is 11.2 Å². The highest BCUT2D eigenvalue weighted by Gasteiger charge is 2.09. The van der Waals surface area contributed by atoms with Gasteiger partial charge in [0.05, 0.1) is 12.0 Å². The van der Waals surface area contributed by atoms with Gasteiger partial charge in [-0.2, -0.15) is 0 Å². The summed E-state index contributed by atoms with van der Waals surface area (Å²) < 4.78 is 0.966. The Hall–Kier alpha value is -2.22. The molecule has 0 saturated carbocycles. The summed E-state index contributed by atoms with van der Waals surface area (Å²) in [6.07, 6.45) is 1.33. The van der Waals surface area contributed by atoms with Crippen molar-refractivity contribution in [1.29, 1.82) is 0 Å². The lowest BCUT2D eigenvalue weighted by molar-refractivity contribution is 0.0996. The smallest absolute Gasteiger partial charge is 0.269 e. The second-order valence-corrected chi connectivity index (χ2v) is 4.20. The van der Waals surface area contributed by atoms with Crippen molar-refractivity contribution < 1.29 is 4.79 Å². The number of carbonyl (C=O) groups is 1. The lowest BCUT2D eigenvalue weighted by atomic mass is 10.3. The van der Waals surface area contributed by atoms with E-state index in [9.17, 15) is 4.79 Å². The molecule has 0 radical (unpaired) electrons. The summed E-state index contributed by atoms with van der Waals surface area (Å²) in [6, 6.07) is 7.37. The predicted molar refractivity (Wildman–Crippen MR) is 69.4 cm³/mol. The van der Waals surface area contributed by atoms with Crippen molar-refractivity contribution in [3.8, 4) is 0 Å². The molecule has 1 heterocycles. The summed E-state index contributed by atoms with van der Waals surface area (Å²) >= 11 is 3.32. The number of amides is 1. The first kappa shape index (κ1) is 12.2. The zero-order chi connectivity index (χ0) is 13.0. The Morgan fingerprint density at radius 3 is 2.78 bits per heavy atom. The minimum absolute atomic E-state index is 0.122. The second kappa shape index (κ2) is 5.41. The van der Waals surface area contributed by atoms with Gasteiger partial charge in [-0.3, -0.25) is 10.2 Å². The lowest BCUT2D eigenvalue weighted by Gasteiger charge is -1.98. The number of primary amides is 1. The fourth-order valence-electron chi connectivity index (χ4n) is 1.20. The number of benzene rings is 1. The van der Waals surface area contributed by atoms with Crippen LogP contribution in [-0.2, 0) is 0 Å². The van der Waals surface area contributed by atoms with Crippen LogP contribution in [0.2, 0.25) is 0 Å². The molecule has 1 amide bonds. The van der Waals surface area contributed by atoms with E-state index in [2.05, 4.69) is 41.7 Å². The number of hydrogen-bond donors (Lipinski definition) is 3. The standard InChI is InChI=1S/C10H9BrN6O/c11-6-1-3-7(4-2-6)15-17-16-10-8(9(12)18)13-5-14-10/h1-5H,(H2,12,18)(H,13,14)(H,15,16). The molecule has 0 atom stereocenters. The maximum atomic E-state index is 11.0. The van der Waals surface area contributed by atoms with E-state index in [1.807, 2.05) is 24.3 Å². The summed E-state index contributed by atoms with van der Waals surface area (Å²) in [6.45, 7) is 0. The predicted octanol–water partition coefficient (Wildman–Crippen LogP) is 2.38. The molecule has 2 rings (SSSR count). The molecule has 0 aliphatic rings. The number of anilines is 1. The molecule has 7 nitrogen and oxygen atoms in total. The Kier molecular flexibility index (Phi) is 3.68. The van der Waals surface area contributed by atoms with Crippen LogP contribution in [0.1, 0.15) is 10.5 Å². The number of aromatic amines is 1. The Balaban J connectivity index is 2.05. The van der Waals surface area contributed by atoms with Gasteiger partial charge in [0.25, 0.3) is 5.91 Å². The Bertz CT molecular complexity index is 576. The van der Waals surface area contributed by atoms with E-state index in [0.29, 0.717) is 0 Å². The molecule has 0 fully saturated rings. The van der Waals surface area contributed by atoms with Crippen molar-refractivity contribution in [1.82, 2.24) is 9.97 Å². The van der Waals surface area contributed by atoms with Gasteiger partial charge in [-0.25, -0.2) is 4.98 Å². The van der Waals surface area contributed by atoms with Crippen LogP contribution in [0.3, 0.4) is 0 Å². The van der Waals surface area contributed by atoms with Crippen LogP contribution in [0.25, 0.3) is 0 Å². The highest BCUT2D eigenvalue weighted by molar-refractivity contribution is 9.10. The van der Waals surface area contributed by atoms with Gasteiger partial charge in [0, 0.05) is 4.47 Å². The SMILES string of the molecule is NC(=O)c1[nH]cnc1/N=N/Nc1ccc(Br)cc1. The zero-order valence-electron chi connectivity index (χ0n) is 9.09. The van der Waals surface area contributed by atoms with E-state index < -0.39 is 5.91 Å². The molecule has 0 aliphatic heterocycles. The number of carbonyl (C=O) groups excluding carboxylic acids is 1. The summed E-state index contributed by atoms with van der Waals surface area (Å²) in [5.74, 6) is -0.489. The lowest BCUT2D eigenvalue weighted by Crippen LogP contribution is -2.11. The molecule has 8 heteroatoms. The van der Waals surface area contributed by atoms with Gasteiger partial charge in [0.15, 0.2) is 5.69 Å². The number of hydrogen-bond acceptors (Lipinski definition) is 4. The van der Waals surface area contributed by atoms with Crippen LogP contribution in [0.15, 0.2) is 45.4 Å². The summed E-state index contributed by atoms with van der Waals surface area (Å²) in [5.41, 5.74) is 8.71. The van der Waals surface area contributed by atoms with Crippen molar-refractivity contribution in [2.75, 3.05) is 5.43 Å². The minimum atomic E-state index is -0.634. The number of imidazole rings is 1. The molecule has 2 aromatic rings. The molecule has 1 aromatic carbocycles. The Morgan fingerprint density at radius 2 is 2.11 bits per heavy atom. The van der Waals surface area contributed by atoms with E-state index in [0.717, 1.165) is 10.2 Å². The van der Waals surface area contributed by atoms with Crippen LogP contribution in [-0.4, -0.2) is 15.9 Å². The van der Waals surface area contributed by atoms with Crippen LogP contribution in [0.4, 0.5) is 11.5 Å². The second-order valence-electron chi connectivity index (χ2n) is 3.28. The number of H-pyrrole nitrogens is 1. The van der Waals surface area contributed by atoms with Gasteiger partial charge >= 0.3 is 0 Å². The summed E-state index contributed by atoms with van der Waals surface area (Å²) in [5, 5.41) is 7.49. The zero-order valence-corrected chi connectivity index (χ0v) is 10.7. The molecule has 1 aromatic heterocycles. The van der Waals surface area contributed by atoms with Crippen LogP contribution >= 0.6 is 15.9 Å². The largest absolute Gasteiger partial charge is 0.364 e. The van der Waals surface area contributed by atoms with E-state index in [1.54, 1.807) is 0 Å². The maximum Gasteiger partial charge on any atom is 0.269 e. The first-order valence-electron chi connectivity index (χ1n) is 4.92. The highest BCUT2D eigenvalue weighted by Crippen LogP contribution is 2.16. The highest BCUT2D eigenvalue weighted by atomic mass is 79.9. The van der Waals surface area contributed by atoms with Crippen molar-refractivity contribution in [3.05, 3.63) is 40.8 Å². The normalized spacial score (nSPS) is 10.7. The third kappa shape index (κ3) is 2.92.